The van der Waals surface area contributed by atoms with Crippen LogP contribution in [0, 0.1) is 0 Å². The Hall–Kier alpha value is -1.14. The molecule has 0 amide bonds. The number of morpholine rings is 1. The third-order valence-electron chi connectivity index (χ3n) is 4.20. The van der Waals surface area contributed by atoms with Crippen molar-refractivity contribution in [3.05, 3.63) is 5.89 Å². The minimum Gasteiger partial charge on any atom is -0.407 e. The first-order valence-electron chi connectivity index (χ1n) is 7.98. The number of ether oxygens (including phenoxy) is 1. The smallest absolute Gasteiger partial charge is 0.318 e. The van der Waals surface area contributed by atoms with Crippen LogP contribution in [-0.2, 0) is 11.3 Å². The molecule has 2 fully saturated rings. The third-order valence-corrected chi connectivity index (χ3v) is 4.20. The molecule has 1 saturated heterocycles. The SMILES string of the molecule is CC(C)(C)NCc1nnc(N2CCOC3CCCCC32)o1. The summed E-state index contributed by atoms with van der Waals surface area (Å²) in [7, 11) is 0. The fourth-order valence-electron chi connectivity index (χ4n) is 3.11. The average molecular weight is 294 g/mol. The Labute approximate surface area is 126 Å². The summed E-state index contributed by atoms with van der Waals surface area (Å²) < 4.78 is 11.7. The van der Waals surface area contributed by atoms with Gasteiger partial charge in [0.25, 0.3) is 0 Å². The van der Waals surface area contributed by atoms with Gasteiger partial charge in [0.1, 0.15) is 0 Å². The second-order valence-electron chi connectivity index (χ2n) is 7.04. The Bertz CT molecular complexity index is 466. The molecular formula is C15H26N4O2. The molecule has 2 unspecified atom stereocenters. The van der Waals surface area contributed by atoms with E-state index in [0.29, 0.717) is 30.6 Å². The predicted octanol–water partition coefficient (Wildman–Crippen LogP) is 2.11. The predicted molar refractivity (Wildman–Crippen MR) is 80.2 cm³/mol. The molecule has 1 aromatic rings. The number of fused-ring (bicyclic) bond motifs is 1. The van der Waals surface area contributed by atoms with Gasteiger partial charge in [0.05, 0.1) is 25.3 Å². The van der Waals surface area contributed by atoms with E-state index in [0.717, 1.165) is 26.0 Å². The van der Waals surface area contributed by atoms with E-state index in [-0.39, 0.29) is 5.54 Å². The van der Waals surface area contributed by atoms with E-state index in [1.165, 1.54) is 12.8 Å². The Morgan fingerprint density at radius 3 is 2.86 bits per heavy atom. The summed E-state index contributed by atoms with van der Waals surface area (Å²) in [6.07, 6.45) is 5.15. The molecule has 2 heterocycles. The first kappa shape index (κ1) is 14.8. The molecular weight excluding hydrogens is 268 g/mol. The first-order chi connectivity index (χ1) is 10.0. The lowest BCUT2D eigenvalue weighted by Crippen LogP contribution is -2.53. The van der Waals surface area contributed by atoms with Gasteiger partial charge in [-0.05, 0) is 33.6 Å². The minimum atomic E-state index is 0.0437. The van der Waals surface area contributed by atoms with Gasteiger partial charge in [-0.25, -0.2) is 0 Å². The van der Waals surface area contributed by atoms with Crippen molar-refractivity contribution < 1.29 is 9.15 Å². The number of hydrogen-bond donors (Lipinski definition) is 1. The molecule has 1 N–H and O–H groups in total. The molecule has 1 aliphatic carbocycles. The van der Waals surface area contributed by atoms with Crippen LogP contribution < -0.4 is 10.2 Å². The van der Waals surface area contributed by atoms with Gasteiger partial charge in [-0.3, -0.25) is 0 Å². The van der Waals surface area contributed by atoms with Crippen LogP contribution in [0.1, 0.15) is 52.3 Å². The van der Waals surface area contributed by atoms with E-state index >= 15 is 0 Å². The molecule has 0 spiro atoms. The van der Waals surface area contributed by atoms with E-state index in [9.17, 15) is 0 Å². The van der Waals surface area contributed by atoms with Gasteiger partial charge in [0.15, 0.2) is 0 Å². The van der Waals surface area contributed by atoms with E-state index in [1.807, 2.05) is 0 Å². The third kappa shape index (κ3) is 3.55. The second kappa shape index (κ2) is 5.93. The zero-order valence-electron chi connectivity index (χ0n) is 13.3. The summed E-state index contributed by atoms with van der Waals surface area (Å²) in [4.78, 5) is 2.25. The van der Waals surface area contributed by atoms with E-state index in [4.69, 9.17) is 9.15 Å². The maximum absolute atomic E-state index is 5.89. The van der Waals surface area contributed by atoms with Gasteiger partial charge < -0.3 is 19.4 Å². The van der Waals surface area contributed by atoms with Crippen molar-refractivity contribution in [3.63, 3.8) is 0 Å². The maximum atomic E-state index is 5.89. The summed E-state index contributed by atoms with van der Waals surface area (Å²) in [5.41, 5.74) is 0.0437. The highest BCUT2D eigenvalue weighted by Crippen LogP contribution is 2.31. The number of hydrogen-bond acceptors (Lipinski definition) is 6. The molecule has 1 saturated carbocycles. The lowest BCUT2D eigenvalue weighted by atomic mass is 9.90. The largest absolute Gasteiger partial charge is 0.407 e. The first-order valence-corrected chi connectivity index (χ1v) is 7.98. The normalized spacial score (nSPS) is 26.7. The zero-order valence-corrected chi connectivity index (χ0v) is 13.3. The molecule has 3 rings (SSSR count). The molecule has 2 atom stereocenters. The molecule has 6 nitrogen and oxygen atoms in total. The highest BCUT2D eigenvalue weighted by Gasteiger charge is 2.36. The van der Waals surface area contributed by atoms with Crippen molar-refractivity contribution in [2.24, 2.45) is 0 Å². The molecule has 1 aliphatic heterocycles. The topological polar surface area (TPSA) is 63.4 Å². The standard InChI is InChI=1S/C15H26N4O2/c1-15(2,3)16-10-13-17-18-14(21-13)19-8-9-20-12-7-5-4-6-11(12)19/h11-12,16H,4-10H2,1-3H3. The van der Waals surface area contributed by atoms with Gasteiger partial charge in [-0.1, -0.05) is 17.9 Å². The van der Waals surface area contributed by atoms with Gasteiger partial charge in [-0.15, -0.1) is 5.10 Å². The van der Waals surface area contributed by atoms with E-state index < -0.39 is 0 Å². The molecule has 1 aromatic heterocycles. The van der Waals surface area contributed by atoms with Gasteiger partial charge in [0, 0.05) is 12.1 Å². The Morgan fingerprint density at radius 1 is 1.24 bits per heavy atom. The van der Waals surface area contributed by atoms with Crippen LogP contribution in [0.2, 0.25) is 0 Å². The molecule has 0 radical (unpaired) electrons. The number of rotatable bonds is 3. The van der Waals surface area contributed by atoms with Crippen LogP contribution >= 0.6 is 0 Å². The van der Waals surface area contributed by atoms with Crippen molar-refractivity contribution in [2.75, 3.05) is 18.1 Å². The van der Waals surface area contributed by atoms with E-state index in [1.54, 1.807) is 0 Å². The number of nitrogens with zero attached hydrogens (tertiary/aromatic N) is 3. The quantitative estimate of drug-likeness (QED) is 0.921. The Kier molecular flexibility index (Phi) is 4.17. The number of aromatic nitrogens is 2. The van der Waals surface area contributed by atoms with Crippen LogP contribution in [0.3, 0.4) is 0 Å². The van der Waals surface area contributed by atoms with Crippen LogP contribution in [0.4, 0.5) is 6.01 Å². The van der Waals surface area contributed by atoms with Crippen molar-refractivity contribution in [1.82, 2.24) is 15.5 Å². The van der Waals surface area contributed by atoms with Gasteiger partial charge >= 0.3 is 6.01 Å². The monoisotopic (exact) mass is 294 g/mol. The Morgan fingerprint density at radius 2 is 2.05 bits per heavy atom. The average Bonchev–Trinajstić information content (AvgIpc) is 2.92. The van der Waals surface area contributed by atoms with Crippen molar-refractivity contribution in [2.45, 2.75) is 70.7 Å². The summed E-state index contributed by atoms with van der Waals surface area (Å²) in [5, 5.41) is 11.8. The van der Waals surface area contributed by atoms with Gasteiger partial charge in [-0.2, -0.15) is 0 Å². The molecule has 2 aliphatic rings. The van der Waals surface area contributed by atoms with Gasteiger partial charge in [0.2, 0.25) is 5.89 Å². The number of nitrogens with one attached hydrogen (secondary N) is 1. The van der Waals surface area contributed by atoms with Crippen LogP contribution in [-0.4, -0.2) is 41.0 Å². The molecule has 0 aromatic carbocycles. The molecule has 6 heteroatoms. The highest BCUT2D eigenvalue weighted by molar-refractivity contribution is 5.29. The number of anilines is 1. The van der Waals surface area contributed by atoms with Crippen molar-refractivity contribution >= 4 is 6.01 Å². The zero-order chi connectivity index (χ0) is 14.9. The Balaban J connectivity index is 1.67. The summed E-state index contributed by atoms with van der Waals surface area (Å²) in [6.45, 7) is 8.57. The molecule has 0 bridgehead atoms. The van der Waals surface area contributed by atoms with Crippen LogP contribution in [0.15, 0.2) is 4.42 Å². The molecule has 21 heavy (non-hydrogen) atoms. The minimum absolute atomic E-state index is 0.0437. The highest BCUT2D eigenvalue weighted by atomic mass is 16.5. The summed E-state index contributed by atoms with van der Waals surface area (Å²) in [5.74, 6) is 0.652. The maximum Gasteiger partial charge on any atom is 0.318 e. The van der Waals surface area contributed by atoms with Crippen molar-refractivity contribution in [1.29, 1.82) is 0 Å². The van der Waals surface area contributed by atoms with E-state index in [2.05, 4.69) is 41.2 Å². The van der Waals surface area contributed by atoms with Crippen LogP contribution in [0.25, 0.3) is 0 Å². The summed E-state index contributed by atoms with van der Waals surface area (Å²) in [6, 6.07) is 1.05. The lowest BCUT2D eigenvalue weighted by molar-refractivity contribution is -0.0106. The van der Waals surface area contributed by atoms with Crippen LogP contribution in [0.5, 0.6) is 0 Å². The second-order valence-corrected chi connectivity index (χ2v) is 7.04. The fourth-order valence-corrected chi connectivity index (χ4v) is 3.11. The lowest BCUT2D eigenvalue weighted by Gasteiger charge is -2.42. The van der Waals surface area contributed by atoms with Crippen molar-refractivity contribution in [3.8, 4) is 0 Å². The molecule has 118 valence electrons. The summed E-state index contributed by atoms with van der Waals surface area (Å²) >= 11 is 0. The fraction of sp³-hybridized carbons (Fsp3) is 0.867.